The molecule has 0 radical (unpaired) electrons. The van der Waals surface area contributed by atoms with Crippen molar-refractivity contribution in [2.75, 3.05) is 0 Å². The third-order valence-corrected chi connectivity index (χ3v) is 13.3. The van der Waals surface area contributed by atoms with E-state index in [1.807, 2.05) is 0 Å². The molecule has 2 nitrogen and oxygen atoms in total. The molecule has 0 bridgehead atoms. The number of benzene rings is 11. The molecular formula is C62H40N2. The van der Waals surface area contributed by atoms with Crippen molar-refractivity contribution in [2.24, 2.45) is 0 Å². The average Bonchev–Trinajstić information content (AvgIpc) is 3.91. The van der Waals surface area contributed by atoms with E-state index < -0.39 is 0 Å². The molecule has 0 aliphatic rings. The summed E-state index contributed by atoms with van der Waals surface area (Å²) in [6.45, 7) is 0. The minimum atomic E-state index is 1.12. The summed E-state index contributed by atoms with van der Waals surface area (Å²) in [6, 6.07) is 88.9. The van der Waals surface area contributed by atoms with Crippen LogP contribution in [0.4, 0.5) is 0 Å². The molecule has 2 aromatic heterocycles. The van der Waals surface area contributed by atoms with Gasteiger partial charge in [0, 0.05) is 33.1 Å². The summed E-state index contributed by atoms with van der Waals surface area (Å²) in [7, 11) is 0. The van der Waals surface area contributed by atoms with Crippen molar-refractivity contribution >= 4 is 65.0 Å². The minimum absolute atomic E-state index is 1.12. The van der Waals surface area contributed by atoms with E-state index in [1.54, 1.807) is 0 Å². The second-order valence-electron chi connectivity index (χ2n) is 16.8. The van der Waals surface area contributed by atoms with Gasteiger partial charge < -0.3 is 9.13 Å². The van der Waals surface area contributed by atoms with Gasteiger partial charge in [0.05, 0.1) is 22.2 Å². The number of hydrogen-bond acceptors (Lipinski definition) is 0. The average molecular weight is 813 g/mol. The van der Waals surface area contributed by atoms with E-state index >= 15 is 0 Å². The van der Waals surface area contributed by atoms with Crippen LogP contribution >= 0.6 is 0 Å². The first kappa shape index (κ1) is 36.2. The van der Waals surface area contributed by atoms with Crippen LogP contribution in [0.15, 0.2) is 243 Å². The van der Waals surface area contributed by atoms with Crippen molar-refractivity contribution in [1.29, 1.82) is 0 Å². The Bertz CT molecular complexity index is 3880. The van der Waals surface area contributed by atoms with Gasteiger partial charge in [0.1, 0.15) is 0 Å². The van der Waals surface area contributed by atoms with E-state index in [0.717, 1.165) is 11.4 Å². The molecule has 13 rings (SSSR count). The molecule has 0 unspecified atom stereocenters. The Labute approximate surface area is 371 Å². The molecule has 13 aromatic rings. The Balaban J connectivity index is 1.03. The lowest BCUT2D eigenvalue weighted by Gasteiger charge is -2.15. The van der Waals surface area contributed by atoms with E-state index in [2.05, 4.69) is 252 Å². The SMILES string of the molecule is c1ccc(-c2ccc3c4ccc(-c5ccc(-n6c7ccccc7c7ccc8c(-c9ccccc9)c(-c9ccccc9)n(-c9ccccc9)c8c76)cc5)cc4c4ccccc4c3c2)cc1. The van der Waals surface area contributed by atoms with E-state index in [1.165, 1.54) is 110 Å². The lowest BCUT2D eigenvalue weighted by Crippen LogP contribution is -2.00. The molecule has 0 spiro atoms. The van der Waals surface area contributed by atoms with Crippen LogP contribution in [0.3, 0.4) is 0 Å². The molecule has 0 saturated carbocycles. The summed E-state index contributed by atoms with van der Waals surface area (Å²) < 4.78 is 4.99. The smallest absolute Gasteiger partial charge is 0.0789 e. The Kier molecular flexibility index (Phi) is 8.25. The van der Waals surface area contributed by atoms with Gasteiger partial charge in [0.2, 0.25) is 0 Å². The van der Waals surface area contributed by atoms with Crippen molar-refractivity contribution < 1.29 is 0 Å². The van der Waals surface area contributed by atoms with E-state index in [0.29, 0.717) is 0 Å². The topological polar surface area (TPSA) is 9.86 Å². The van der Waals surface area contributed by atoms with Gasteiger partial charge >= 0.3 is 0 Å². The summed E-state index contributed by atoms with van der Waals surface area (Å²) in [4.78, 5) is 0. The molecule has 0 aliphatic carbocycles. The van der Waals surface area contributed by atoms with Crippen LogP contribution < -0.4 is 0 Å². The number of para-hydroxylation sites is 2. The normalized spacial score (nSPS) is 11.8. The predicted molar refractivity (Wildman–Crippen MR) is 272 cm³/mol. The largest absolute Gasteiger partial charge is 0.307 e. The molecule has 0 aliphatic heterocycles. The fraction of sp³-hybridized carbons (Fsp3) is 0. The van der Waals surface area contributed by atoms with Crippen LogP contribution in [0.1, 0.15) is 0 Å². The molecule has 0 atom stereocenters. The highest BCUT2D eigenvalue weighted by Crippen LogP contribution is 2.47. The Hall–Kier alpha value is -8.46. The number of rotatable bonds is 6. The van der Waals surface area contributed by atoms with Crippen molar-refractivity contribution in [3.63, 3.8) is 0 Å². The maximum atomic E-state index is 2.50. The molecule has 298 valence electrons. The maximum absolute atomic E-state index is 2.50. The van der Waals surface area contributed by atoms with Crippen molar-refractivity contribution in [3.05, 3.63) is 243 Å². The zero-order valence-corrected chi connectivity index (χ0v) is 35.0. The van der Waals surface area contributed by atoms with Crippen LogP contribution in [0.2, 0.25) is 0 Å². The molecule has 11 aromatic carbocycles. The van der Waals surface area contributed by atoms with Gasteiger partial charge in [-0.2, -0.15) is 0 Å². The molecule has 2 heteroatoms. The van der Waals surface area contributed by atoms with E-state index in [4.69, 9.17) is 0 Å². The highest BCUT2D eigenvalue weighted by Gasteiger charge is 2.26. The van der Waals surface area contributed by atoms with Crippen molar-refractivity contribution in [1.82, 2.24) is 9.13 Å². The maximum Gasteiger partial charge on any atom is 0.0789 e. The monoisotopic (exact) mass is 812 g/mol. The summed E-state index contributed by atoms with van der Waals surface area (Å²) >= 11 is 0. The first-order valence-corrected chi connectivity index (χ1v) is 22.1. The lowest BCUT2D eigenvalue weighted by atomic mass is 9.90. The Morgan fingerprint density at radius 2 is 0.625 bits per heavy atom. The highest BCUT2D eigenvalue weighted by atomic mass is 15.1. The summed E-state index contributed by atoms with van der Waals surface area (Å²) in [5.74, 6) is 0. The molecule has 0 N–H and O–H groups in total. The van der Waals surface area contributed by atoms with Gasteiger partial charge in [-0.15, -0.1) is 0 Å². The van der Waals surface area contributed by atoms with Gasteiger partial charge in [-0.3, -0.25) is 0 Å². The summed E-state index contributed by atoms with van der Waals surface area (Å²) in [6.07, 6.45) is 0. The third kappa shape index (κ3) is 5.59. The lowest BCUT2D eigenvalue weighted by molar-refractivity contribution is 1.12. The highest BCUT2D eigenvalue weighted by molar-refractivity contribution is 6.26. The van der Waals surface area contributed by atoms with Crippen LogP contribution in [0.25, 0.3) is 121 Å². The Morgan fingerprint density at radius 1 is 0.219 bits per heavy atom. The standard InChI is InChI=1S/C62H40N2/c1-5-17-41(18-6-1)45-31-35-51-52-36-32-46(40-57(52)50-26-14-13-25-49(50)56(51)39-45)42-29-33-48(34-30-42)63-58-28-16-15-27-53(58)54-37-38-55-59(43-19-7-2-8-20-43)60(44-21-9-3-10-22-44)64(62(55)61(54)63)47-23-11-4-12-24-47/h1-40H. The first-order chi connectivity index (χ1) is 31.8. The fourth-order valence-electron chi connectivity index (χ4n) is 10.4. The van der Waals surface area contributed by atoms with Gasteiger partial charge in [-0.1, -0.05) is 200 Å². The van der Waals surface area contributed by atoms with E-state index in [-0.39, 0.29) is 0 Å². The molecule has 0 amide bonds. The third-order valence-electron chi connectivity index (χ3n) is 13.3. The molecule has 2 heterocycles. The van der Waals surface area contributed by atoms with Crippen molar-refractivity contribution in [2.45, 2.75) is 0 Å². The van der Waals surface area contributed by atoms with Crippen LogP contribution in [-0.4, -0.2) is 9.13 Å². The van der Waals surface area contributed by atoms with Crippen LogP contribution in [0, 0.1) is 0 Å². The van der Waals surface area contributed by atoms with Gasteiger partial charge in [-0.25, -0.2) is 0 Å². The number of aromatic nitrogens is 2. The second kappa shape index (κ2) is 14.6. The summed E-state index contributed by atoms with van der Waals surface area (Å²) in [5, 5.41) is 11.3. The second-order valence-corrected chi connectivity index (χ2v) is 16.8. The van der Waals surface area contributed by atoms with Crippen LogP contribution in [0.5, 0.6) is 0 Å². The zero-order chi connectivity index (χ0) is 42.1. The van der Waals surface area contributed by atoms with Crippen LogP contribution in [-0.2, 0) is 0 Å². The van der Waals surface area contributed by atoms with Gasteiger partial charge in [0.25, 0.3) is 0 Å². The molecule has 0 saturated heterocycles. The predicted octanol–water partition coefficient (Wildman–Crippen LogP) is 16.9. The number of fused-ring (bicyclic) bond motifs is 11. The Morgan fingerprint density at radius 3 is 1.23 bits per heavy atom. The van der Waals surface area contributed by atoms with E-state index in [9.17, 15) is 0 Å². The fourth-order valence-corrected chi connectivity index (χ4v) is 10.4. The number of nitrogens with zero attached hydrogens (tertiary/aromatic N) is 2. The first-order valence-electron chi connectivity index (χ1n) is 22.1. The van der Waals surface area contributed by atoms with Crippen molar-refractivity contribution in [3.8, 4) is 56.0 Å². The molecule has 64 heavy (non-hydrogen) atoms. The van der Waals surface area contributed by atoms with Gasteiger partial charge in [-0.05, 0) is 108 Å². The minimum Gasteiger partial charge on any atom is -0.307 e. The summed E-state index contributed by atoms with van der Waals surface area (Å²) in [5.41, 5.74) is 15.4. The molecular weight excluding hydrogens is 773 g/mol. The molecule has 0 fully saturated rings. The van der Waals surface area contributed by atoms with Gasteiger partial charge in [0.15, 0.2) is 0 Å². The zero-order valence-electron chi connectivity index (χ0n) is 35.0. The quantitative estimate of drug-likeness (QED) is 0.148. The number of hydrogen-bond donors (Lipinski definition) is 0.